The van der Waals surface area contributed by atoms with Crippen LogP contribution in [0.15, 0.2) is 12.1 Å². The minimum atomic E-state index is -0.242. The summed E-state index contributed by atoms with van der Waals surface area (Å²) >= 11 is 0. The number of nitrogens with one attached hydrogen (secondary N) is 1. The lowest BCUT2D eigenvalue weighted by molar-refractivity contribution is -0.133. The number of rotatable bonds is 11. The Morgan fingerprint density at radius 2 is 2.03 bits per heavy atom. The molecule has 2 heterocycles. The Labute approximate surface area is 189 Å². The number of carbonyl (C=O) groups is 1. The average Bonchev–Trinajstić information content (AvgIpc) is 3.32. The number of carbonyl (C=O) groups excluding carboxylic acids is 1. The van der Waals surface area contributed by atoms with Crippen LogP contribution < -0.4 is 14.8 Å². The van der Waals surface area contributed by atoms with Crippen molar-refractivity contribution in [2.24, 2.45) is 5.92 Å². The molecule has 2 aromatic rings. The molecule has 0 radical (unpaired) electrons. The van der Waals surface area contributed by atoms with Crippen molar-refractivity contribution in [2.45, 2.75) is 51.0 Å². The zero-order valence-electron chi connectivity index (χ0n) is 18.9. The number of nitrogens with zero attached hydrogens (tertiary/aromatic N) is 2. The van der Waals surface area contributed by atoms with Crippen molar-refractivity contribution in [1.29, 1.82) is 0 Å². The van der Waals surface area contributed by atoms with Crippen molar-refractivity contribution in [3.8, 4) is 11.5 Å². The van der Waals surface area contributed by atoms with Crippen molar-refractivity contribution in [1.82, 2.24) is 9.88 Å². The molecule has 3 aliphatic rings. The Morgan fingerprint density at radius 1 is 1.19 bits per heavy atom. The largest absolute Gasteiger partial charge is 0.493 e. The molecule has 0 amide bonds. The Balaban J connectivity index is 1.42. The molecule has 2 fully saturated rings. The smallest absolute Gasteiger partial charge is 0.293 e. The maximum atomic E-state index is 11.1. The van der Waals surface area contributed by atoms with Gasteiger partial charge >= 0.3 is 0 Å². The number of pyridine rings is 1. The molecule has 0 spiro atoms. The lowest BCUT2D eigenvalue weighted by Gasteiger charge is -2.20. The number of benzene rings is 1. The highest BCUT2D eigenvalue weighted by Gasteiger charge is 2.31. The third kappa shape index (κ3) is 4.49. The monoisotopic (exact) mass is 439 g/mol. The van der Waals surface area contributed by atoms with Crippen LogP contribution in [0.2, 0.25) is 0 Å². The third-order valence-electron chi connectivity index (χ3n) is 6.91. The summed E-state index contributed by atoms with van der Waals surface area (Å²) in [6, 6.07) is 4.02. The van der Waals surface area contributed by atoms with Crippen molar-refractivity contribution in [3.63, 3.8) is 0 Å². The van der Waals surface area contributed by atoms with Crippen LogP contribution in [0.1, 0.15) is 55.9 Å². The number of aromatic nitrogens is 1. The molecule has 1 aromatic carbocycles. The van der Waals surface area contributed by atoms with Gasteiger partial charge in [-0.1, -0.05) is 0 Å². The number of aryl methyl sites for hydroxylation is 1. The van der Waals surface area contributed by atoms with Crippen molar-refractivity contribution in [2.75, 3.05) is 45.2 Å². The molecule has 1 aromatic heterocycles. The first-order chi connectivity index (χ1) is 15.8. The van der Waals surface area contributed by atoms with Crippen molar-refractivity contribution in [3.05, 3.63) is 23.4 Å². The van der Waals surface area contributed by atoms with Gasteiger partial charge in [-0.05, 0) is 70.0 Å². The molecular weight excluding hydrogens is 406 g/mol. The van der Waals surface area contributed by atoms with Crippen LogP contribution >= 0.6 is 0 Å². The molecule has 1 saturated heterocycles. The number of hydrogen-bond acceptors (Lipinski definition) is 7. The second-order valence-electron chi connectivity index (χ2n) is 9.20. The second kappa shape index (κ2) is 9.53. The average molecular weight is 440 g/mol. The van der Waals surface area contributed by atoms with Crippen LogP contribution in [0, 0.1) is 5.92 Å². The number of methoxy groups -OCH3 is 1. The lowest BCUT2D eigenvalue weighted by atomic mass is 10.0. The van der Waals surface area contributed by atoms with Crippen LogP contribution in [-0.2, 0) is 16.0 Å². The zero-order chi connectivity index (χ0) is 21.9. The molecule has 32 heavy (non-hydrogen) atoms. The van der Waals surface area contributed by atoms with Gasteiger partial charge in [0.1, 0.15) is 6.10 Å². The van der Waals surface area contributed by atoms with E-state index in [2.05, 4.69) is 10.2 Å². The van der Waals surface area contributed by atoms with Gasteiger partial charge in [0, 0.05) is 30.1 Å². The second-order valence-corrected chi connectivity index (χ2v) is 9.20. The SMILES string of the molecule is COc1cc2c(NCC3CC3)c3c(nc2cc1OCCCN1CCCC1)CCC3OC=O. The van der Waals surface area contributed by atoms with E-state index < -0.39 is 0 Å². The van der Waals surface area contributed by atoms with Crippen LogP contribution in [0.25, 0.3) is 10.9 Å². The first-order valence-corrected chi connectivity index (χ1v) is 12.0. The summed E-state index contributed by atoms with van der Waals surface area (Å²) in [7, 11) is 1.68. The Kier molecular flexibility index (Phi) is 6.35. The fourth-order valence-corrected chi connectivity index (χ4v) is 5.00. The molecule has 1 saturated carbocycles. The number of hydrogen-bond donors (Lipinski definition) is 1. The van der Waals surface area contributed by atoms with E-state index in [4.69, 9.17) is 19.2 Å². The van der Waals surface area contributed by atoms with Gasteiger partial charge in [-0.15, -0.1) is 0 Å². The Morgan fingerprint density at radius 3 is 2.78 bits per heavy atom. The maximum Gasteiger partial charge on any atom is 0.293 e. The van der Waals surface area contributed by atoms with Gasteiger partial charge < -0.3 is 24.4 Å². The molecule has 0 bridgehead atoms. The fourth-order valence-electron chi connectivity index (χ4n) is 5.00. The molecule has 5 rings (SSSR count). The summed E-state index contributed by atoms with van der Waals surface area (Å²) in [6.07, 6.45) is 7.49. The number of ether oxygens (including phenoxy) is 3. The molecular formula is C25H33N3O4. The van der Waals surface area contributed by atoms with E-state index in [1.807, 2.05) is 12.1 Å². The van der Waals surface area contributed by atoms with E-state index in [0.29, 0.717) is 18.8 Å². The van der Waals surface area contributed by atoms with Gasteiger partial charge in [-0.2, -0.15) is 0 Å². The van der Waals surface area contributed by atoms with Gasteiger partial charge in [0.25, 0.3) is 6.47 Å². The highest BCUT2D eigenvalue weighted by Crippen LogP contribution is 2.44. The zero-order valence-corrected chi connectivity index (χ0v) is 18.9. The molecule has 7 heteroatoms. The molecule has 172 valence electrons. The fraction of sp³-hybridized carbons (Fsp3) is 0.600. The number of fused-ring (bicyclic) bond motifs is 2. The van der Waals surface area contributed by atoms with Crippen LogP contribution in [0.5, 0.6) is 11.5 Å². The van der Waals surface area contributed by atoms with Gasteiger partial charge in [-0.25, -0.2) is 0 Å². The molecule has 1 N–H and O–H groups in total. The van der Waals surface area contributed by atoms with E-state index in [1.165, 1.54) is 38.8 Å². The topological polar surface area (TPSA) is 72.9 Å². The quantitative estimate of drug-likeness (QED) is 0.418. The first kappa shape index (κ1) is 21.3. The minimum Gasteiger partial charge on any atom is -0.493 e. The predicted octanol–water partition coefficient (Wildman–Crippen LogP) is 4.09. The summed E-state index contributed by atoms with van der Waals surface area (Å²) in [6.45, 7) is 5.63. The Hall–Kier alpha value is -2.54. The summed E-state index contributed by atoms with van der Waals surface area (Å²) in [5.74, 6) is 2.17. The molecule has 1 unspecified atom stereocenters. The van der Waals surface area contributed by atoms with Gasteiger partial charge in [0.2, 0.25) is 0 Å². The molecule has 1 atom stereocenters. The Bertz CT molecular complexity index is 970. The lowest BCUT2D eigenvalue weighted by Crippen LogP contribution is -2.21. The number of anilines is 1. The van der Waals surface area contributed by atoms with E-state index in [0.717, 1.165) is 71.9 Å². The van der Waals surface area contributed by atoms with Crippen LogP contribution in [0.4, 0.5) is 5.69 Å². The first-order valence-electron chi connectivity index (χ1n) is 12.0. The highest BCUT2D eigenvalue weighted by molar-refractivity contribution is 5.96. The third-order valence-corrected chi connectivity index (χ3v) is 6.91. The van der Waals surface area contributed by atoms with E-state index in [9.17, 15) is 4.79 Å². The van der Waals surface area contributed by atoms with E-state index >= 15 is 0 Å². The van der Waals surface area contributed by atoms with E-state index in [-0.39, 0.29) is 6.10 Å². The van der Waals surface area contributed by atoms with Crippen molar-refractivity contribution < 1.29 is 19.0 Å². The van der Waals surface area contributed by atoms with Crippen molar-refractivity contribution >= 4 is 23.1 Å². The minimum absolute atomic E-state index is 0.242. The van der Waals surface area contributed by atoms with Gasteiger partial charge in [0.05, 0.1) is 30.6 Å². The number of likely N-dealkylation sites (tertiary alicyclic amines) is 1. The van der Waals surface area contributed by atoms with Crippen LogP contribution in [-0.4, -0.2) is 56.3 Å². The summed E-state index contributed by atoms with van der Waals surface area (Å²) in [5.41, 5.74) is 3.95. The van der Waals surface area contributed by atoms with Gasteiger partial charge in [0.15, 0.2) is 11.5 Å². The molecule has 1 aliphatic heterocycles. The maximum absolute atomic E-state index is 11.1. The summed E-state index contributed by atoms with van der Waals surface area (Å²) in [4.78, 5) is 18.5. The molecule has 2 aliphatic carbocycles. The summed E-state index contributed by atoms with van der Waals surface area (Å²) < 4.78 is 17.2. The predicted molar refractivity (Wildman–Crippen MR) is 124 cm³/mol. The van der Waals surface area contributed by atoms with Gasteiger partial charge in [-0.3, -0.25) is 9.78 Å². The highest BCUT2D eigenvalue weighted by atomic mass is 16.5. The summed E-state index contributed by atoms with van der Waals surface area (Å²) in [5, 5.41) is 4.65. The van der Waals surface area contributed by atoms with Crippen LogP contribution in [0.3, 0.4) is 0 Å². The normalized spacial score (nSPS) is 20.3. The van der Waals surface area contributed by atoms with E-state index in [1.54, 1.807) is 7.11 Å². The molecule has 7 nitrogen and oxygen atoms in total. The standard InChI is InChI=1S/C25H33N3O4/c1-30-22-13-18-20(14-23(22)31-12-4-11-28-9-2-3-10-28)27-19-7-8-21(32-16-29)24(19)25(18)26-15-17-5-6-17/h13-14,16-17,21H,2-12,15H2,1H3,(H,26,27).